The van der Waals surface area contributed by atoms with Gasteiger partial charge < -0.3 is 10.1 Å². The van der Waals surface area contributed by atoms with E-state index in [0.29, 0.717) is 12.3 Å². The minimum absolute atomic E-state index is 0.120. The molecule has 0 radical (unpaired) electrons. The van der Waals surface area contributed by atoms with Crippen LogP contribution in [0.5, 0.6) is 5.75 Å². The van der Waals surface area contributed by atoms with Gasteiger partial charge in [-0.3, -0.25) is 9.78 Å². The molecule has 1 aromatic heterocycles. The van der Waals surface area contributed by atoms with Crippen LogP contribution in [0.3, 0.4) is 0 Å². The lowest BCUT2D eigenvalue weighted by Gasteiger charge is -2.07. The summed E-state index contributed by atoms with van der Waals surface area (Å²) in [4.78, 5) is 15.5. The summed E-state index contributed by atoms with van der Waals surface area (Å²) < 4.78 is 18.2. The first-order chi connectivity index (χ1) is 9.74. The quantitative estimate of drug-likeness (QED) is 0.879. The van der Waals surface area contributed by atoms with Gasteiger partial charge in [0.1, 0.15) is 11.6 Å². The minimum Gasteiger partial charge on any atom is -0.493 e. The zero-order valence-electron chi connectivity index (χ0n) is 10.9. The number of halogens is 1. The summed E-state index contributed by atoms with van der Waals surface area (Å²) in [6, 6.07) is 9.54. The first kappa shape index (κ1) is 14.0. The maximum Gasteiger partial charge on any atom is 0.223 e. The van der Waals surface area contributed by atoms with E-state index >= 15 is 0 Å². The highest BCUT2D eigenvalue weighted by atomic mass is 19.1. The molecule has 1 heterocycles. The van der Waals surface area contributed by atoms with Crippen molar-refractivity contribution >= 4 is 5.91 Å². The van der Waals surface area contributed by atoms with Gasteiger partial charge in [0.05, 0.1) is 13.0 Å². The van der Waals surface area contributed by atoms with Gasteiger partial charge in [0.2, 0.25) is 5.91 Å². The second-order valence-corrected chi connectivity index (χ2v) is 4.19. The number of nitrogens with zero attached hydrogens (tertiary/aromatic N) is 1. The molecule has 2 rings (SSSR count). The van der Waals surface area contributed by atoms with Crippen molar-refractivity contribution in [2.75, 3.05) is 6.61 Å². The van der Waals surface area contributed by atoms with Gasteiger partial charge in [-0.15, -0.1) is 0 Å². The second kappa shape index (κ2) is 7.23. The topological polar surface area (TPSA) is 51.2 Å². The maximum absolute atomic E-state index is 12.9. The van der Waals surface area contributed by atoms with Gasteiger partial charge in [-0.25, -0.2) is 4.39 Å². The van der Waals surface area contributed by atoms with Crippen molar-refractivity contribution in [2.45, 2.75) is 13.0 Å². The molecule has 1 N–H and O–H groups in total. The number of carbonyl (C=O) groups is 1. The summed E-state index contributed by atoms with van der Waals surface area (Å²) in [7, 11) is 0. The number of benzene rings is 1. The summed E-state index contributed by atoms with van der Waals surface area (Å²) in [5.74, 6) is -0.0566. The van der Waals surface area contributed by atoms with Gasteiger partial charge >= 0.3 is 0 Å². The number of hydrogen-bond acceptors (Lipinski definition) is 3. The van der Waals surface area contributed by atoms with Crippen LogP contribution in [0.1, 0.15) is 12.0 Å². The number of carbonyl (C=O) groups excluding carboxylic acids is 1. The van der Waals surface area contributed by atoms with Gasteiger partial charge in [-0.05, 0) is 23.8 Å². The number of ether oxygens (including phenoxy) is 1. The van der Waals surface area contributed by atoms with E-state index in [4.69, 9.17) is 4.74 Å². The Morgan fingerprint density at radius 2 is 2.20 bits per heavy atom. The summed E-state index contributed by atoms with van der Waals surface area (Å²) in [6.45, 7) is 0.648. The van der Waals surface area contributed by atoms with Crippen molar-refractivity contribution in [3.05, 3.63) is 60.2 Å². The van der Waals surface area contributed by atoms with Crippen LogP contribution in [0.15, 0.2) is 48.8 Å². The third-order valence-corrected chi connectivity index (χ3v) is 2.61. The molecule has 0 saturated heterocycles. The van der Waals surface area contributed by atoms with Crippen molar-refractivity contribution in [1.82, 2.24) is 10.3 Å². The van der Waals surface area contributed by atoms with Gasteiger partial charge in [0.15, 0.2) is 0 Å². The van der Waals surface area contributed by atoms with E-state index in [-0.39, 0.29) is 24.8 Å². The molecule has 0 aliphatic carbocycles. The van der Waals surface area contributed by atoms with Crippen molar-refractivity contribution in [1.29, 1.82) is 0 Å². The van der Waals surface area contributed by atoms with E-state index < -0.39 is 0 Å². The number of hydrogen-bond donors (Lipinski definition) is 1. The van der Waals surface area contributed by atoms with Crippen LogP contribution in [0, 0.1) is 5.82 Å². The van der Waals surface area contributed by atoms with Crippen LogP contribution in [0.2, 0.25) is 0 Å². The third-order valence-electron chi connectivity index (χ3n) is 2.61. The SMILES string of the molecule is O=C(CCOc1cccc(F)c1)NCc1cccnc1. The fraction of sp³-hybridized carbons (Fsp3) is 0.200. The average Bonchev–Trinajstić information content (AvgIpc) is 2.46. The molecule has 0 bridgehead atoms. The number of aromatic nitrogens is 1. The Kier molecular flexibility index (Phi) is 5.06. The average molecular weight is 274 g/mol. The Balaban J connectivity index is 1.68. The molecule has 4 nitrogen and oxygen atoms in total. The lowest BCUT2D eigenvalue weighted by molar-refractivity contribution is -0.121. The first-order valence-corrected chi connectivity index (χ1v) is 6.28. The summed E-state index contributed by atoms with van der Waals surface area (Å²) in [5, 5.41) is 2.76. The number of rotatable bonds is 6. The number of nitrogens with one attached hydrogen (secondary N) is 1. The van der Waals surface area contributed by atoms with Gasteiger partial charge in [0, 0.05) is 25.0 Å². The summed E-state index contributed by atoms with van der Waals surface area (Å²) in [6.07, 6.45) is 3.60. The van der Waals surface area contributed by atoms with Crippen LogP contribution in [0.25, 0.3) is 0 Å². The van der Waals surface area contributed by atoms with Crippen molar-refractivity contribution < 1.29 is 13.9 Å². The molecular weight excluding hydrogens is 259 g/mol. The summed E-state index contributed by atoms with van der Waals surface area (Å²) in [5.41, 5.74) is 0.937. The summed E-state index contributed by atoms with van der Waals surface area (Å²) >= 11 is 0. The molecule has 104 valence electrons. The molecule has 2 aromatic rings. The zero-order valence-corrected chi connectivity index (χ0v) is 10.9. The highest BCUT2D eigenvalue weighted by Crippen LogP contribution is 2.11. The predicted octanol–water partition coefficient (Wildman–Crippen LogP) is 2.31. The normalized spacial score (nSPS) is 10.1. The molecule has 0 unspecified atom stereocenters. The number of amides is 1. The Bertz CT molecular complexity index is 561. The molecular formula is C15H15FN2O2. The predicted molar refractivity (Wildman–Crippen MR) is 72.6 cm³/mol. The molecule has 0 atom stereocenters. The Morgan fingerprint density at radius 1 is 1.30 bits per heavy atom. The van der Waals surface area contributed by atoms with Crippen LogP contribution in [-0.2, 0) is 11.3 Å². The van der Waals surface area contributed by atoms with Crippen molar-refractivity contribution in [2.24, 2.45) is 0 Å². The van der Waals surface area contributed by atoms with Gasteiger partial charge in [-0.2, -0.15) is 0 Å². The molecule has 1 aromatic carbocycles. The van der Waals surface area contributed by atoms with E-state index in [2.05, 4.69) is 10.3 Å². The smallest absolute Gasteiger partial charge is 0.223 e. The fourth-order valence-corrected chi connectivity index (χ4v) is 1.61. The standard InChI is InChI=1S/C15H15FN2O2/c16-13-4-1-5-14(9-13)20-8-6-15(19)18-11-12-3-2-7-17-10-12/h1-5,7,9-10H,6,8,11H2,(H,18,19). The van der Waals surface area contributed by atoms with E-state index in [0.717, 1.165) is 5.56 Å². The second-order valence-electron chi connectivity index (χ2n) is 4.19. The van der Waals surface area contributed by atoms with Gasteiger partial charge in [-0.1, -0.05) is 12.1 Å². The van der Waals surface area contributed by atoms with Crippen molar-refractivity contribution in [3.8, 4) is 5.75 Å². The van der Waals surface area contributed by atoms with Crippen LogP contribution >= 0.6 is 0 Å². The lowest BCUT2D eigenvalue weighted by atomic mass is 10.3. The van der Waals surface area contributed by atoms with E-state index in [1.807, 2.05) is 12.1 Å². The Morgan fingerprint density at radius 3 is 2.95 bits per heavy atom. The highest BCUT2D eigenvalue weighted by Gasteiger charge is 2.02. The van der Waals surface area contributed by atoms with E-state index in [9.17, 15) is 9.18 Å². The molecule has 0 aliphatic rings. The molecule has 20 heavy (non-hydrogen) atoms. The molecule has 0 aliphatic heterocycles. The molecule has 0 fully saturated rings. The molecule has 1 amide bonds. The van der Waals surface area contributed by atoms with Crippen molar-refractivity contribution in [3.63, 3.8) is 0 Å². The molecule has 0 saturated carbocycles. The Labute approximate surface area is 116 Å². The fourth-order valence-electron chi connectivity index (χ4n) is 1.61. The third kappa shape index (κ3) is 4.68. The highest BCUT2D eigenvalue weighted by molar-refractivity contribution is 5.75. The van der Waals surface area contributed by atoms with Crippen LogP contribution < -0.4 is 10.1 Å². The molecule has 0 spiro atoms. The largest absolute Gasteiger partial charge is 0.493 e. The lowest BCUT2D eigenvalue weighted by Crippen LogP contribution is -2.24. The Hall–Kier alpha value is -2.43. The van der Waals surface area contributed by atoms with Crippen LogP contribution in [0.4, 0.5) is 4.39 Å². The van der Waals surface area contributed by atoms with E-state index in [1.54, 1.807) is 24.5 Å². The monoisotopic (exact) mass is 274 g/mol. The minimum atomic E-state index is -0.358. The molecule has 5 heteroatoms. The van der Waals surface area contributed by atoms with E-state index in [1.165, 1.54) is 12.1 Å². The van der Waals surface area contributed by atoms with Crippen LogP contribution in [-0.4, -0.2) is 17.5 Å². The van der Waals surface area contributed by atoms with Gasteiger partial charge in [0.25, 0.3) is 0 Å². The zero-order chi connectivity index (χ0) is 14.2. The maximum atomic E-state index is 12.9. The number of pyridine rings is 1. The first-order valence-electron chi connectivity index (χ1n) is 6.28.